The summed E-state index contributed by atoms with van der Waals surface area (Å²) in [5.74, 6) is -1.00. The Morgan fingerprint density at radius 1 is 1.12 bits per heavy atom. The molecular formula is C29H38FN8O4. The van der Waals surface area contributed by atoms with Gasteiger partial charge in [-0.3, -0.25) is 14.7 Å². The molecule has 12 nitrogen and oxygen atoms in total. The van der Waals surface area contributed by atoms with Crippen LogP contribution < -0.4 is 16.0 Å². The average molecular weight is 582 g/mol. The topological polar surface area (TPSA) is 157 Å². The van der Waals surface area contributed by atoms with Crippen molar-refractivity contribution in [1.29, 1.82) is 0 Å². The molecule has 0 unspecified atom stereocenters. The van der Waals surface area contributed by atoms with Crippen molar-refractivity contribution in [2.24, 2.45) is 0 Å². The molecular weight excluding hydrogens is 543 g/mol. The number of anilines is 4. The predicted octanol–water partition coefficient (Wildman–Crippen LogP) is 4.81. The van der Waals surface area contributed by atoms with Gasteiger partial charge < -0.3 is 20.7 Å². The number of hydroxylamine groups is 2. The van der Waals surface area contributed by atoms with Gasteiger partial charge in [0.25, 0.3) is 5.91 Å². The first kappa shape index (κ1) is 30.8. The van der Waals surface area contributed by atoms with Gasteiger partial charge in [0, 0.05) is 40.1 Å². The molecule has 0 saturated carbocycles. The van der Waals surface area contributed by atoms with Crippen LogP contribution in [0.2, 0.25) is 0 Å². The summed E-state index contributed by atoms with van der Waals surface area (Å²) in [6.45, 7) is 9.93. The third-order valence-corrected chi connectivity index (χ3v) is 7.05. The van der Waals surface area contributed by atoms with Crippen molar-refractivity contribution < 1.29 is 23.9 Å². The molecule has 2 aromatic heterocycles. The highest BCUT2D eigenvalue weighted by Crippen LogP contribution is 2.37. The molecule has 1 amide bonds. The first-order chi connectivity index (χ1) is 19.9. The number of hydrogen-bond acceptors (Lipinski definition) is 9. The molecule has 1 aromatic carbocycles. The molecule has 1 radical (unpaired) electrons. The molecule has 1 aliphatic rings. The third-order valence-electron chi connectivity index (χ3n) is 7.05. The Labute approximate surface area is 244 Å². The number of aromatic amines is 1. The average Bonchev–Trinajstić information content (AvgIpc) is 3.35. The minimum Gasteiger partial charge on any atom is -0.465 e. The summed E-state index contributed by atoms with van der Waals surface area (Å²) >= 11 is 0. The number of nitrogens with one attached hydrogen (secondary N) is 4. The maximum atomic E-state index is 14.4. The van der Waals surface area contributed by atoms with Crippen LogP contribution in [0.1, 0.15) is 76.4 Å². The number of rotatable bonds is 11. The number of esters is 1. The van der Waals surface area contributed by atoms with E-state index in [1.165, 1.54) is 0 Å². The molecule has 0 aliphatic carbocycles. The molecule has 225 valence electrons. The molecule has 4 N–H and O–H groups in total. The maximum absolute atomic E-state index is 14.4. The van der Waals surface area contributed by atoms with Crippen molar-refractivity contribution in [3.05, 3.63) is 53.6 Å². The van der Waals surface area contributed by atoms with E-state index in [0.717, 1.165) is 24.1 Å². The van der Waals surface area contributed by atoms with Gasteiger partial charge in [0.2, 0.25) is 5.95 Å². The van der Waals surface area contributed by atoms with Crippen LogP contribution >= 0.6 is 0 Å². The molecule has 3 heterocycles. The Hall–Kier alpha value is -4.10. The minimum atomic E-state index is -0.690. The van der Waals surface area contributed by atoms with Crippen molar-refractivity contribution in [2.45, 2.75) is 83.8 Å². The van der Waals surface area contributed by atoms with Crippen LogP contribution in [0.3, 0.4) is 0 Å². The smallest absolute Gasteiger partial charge is 0.311 e. The van der Waals surface area contributed by atoms with Crippen molar-refractivity contribution in [1.82, 2.24) is 30.5 Å². The number of hydrogen-bond donors (Lipinski definition) is 4. The molecule has 42 heavy (non-hydrogen) atoms. The number of carbonyl (C=O) groups is 2. The lowest BCUT2D eigenvalue weighted by atomic mass is 9.79. The van der Waals surface area contributed by atoms with Gasteiger partial charge in [-0.2, -0.15) is 10.1 Å². The van der Waals surface area contributed by atoms with Gasteiger partial charge in [-0.05, 0) is 71.2 Å². The van der Waals surface area contributed by atoms with Gasteiger partial charge in [-0.15, -0.1) is 10.3 Å². The number of piperidine rings is 1. The fourth-order valence-corrected chi connectivity index (χ4v) is 5.16. The number of H-pyrrole nitrogens is 1. The highest BCUT2D eigenvalue weighted by molar-refractivity contribution is 5.94. The number of halogens is 1. The van der Waals surface area contributed by atoms with Crippen LogP contribution in [0.15, 0.2) is 36.5 Å². The van der Waals surface area contributed by atoms with Gasteiger partial charge >= 0.3 is 5.97 Å². The Morgan fingerprint density at radius 2 is 1.81 bits per heavy atom. The highest BCUT2D eigenvalue weighted by atomic mass is 19.1. The second-order valence-corrected chi connectivity index (χ2v) is 11.7. The van der Waals surface area contributed by atoms with E-state index in [2.05, 4.69) is 36.1 Å². The number of aromatic nitrogens is 4. The maximum Gasteiger partial charge on any atom is 0.311 e. The zero-order valence-electron chi connectivity index (χ0n) is 24.6. The Bertz CT molecular complexity index is 1370. The quantitative estimate of drug-likeness (QED) is 0.184. The Morgan fingerprint density at radius 3 is 2.48 bits per heavy atom. The van der Waals surface area contributed by atoms with Crippen LogP contribution in [0.4, 0.5) is 27.7 Å². The number of ether oxygens (including phenoxy) is 1. The summed E-state index contributed by atoms with van der Waals surface area (Å²) in [6.07, 6.45) is 3.86. The number of benzene rings is 1. The molecule has 1 fully saturated rings. The summed E-state index contributed by atoms with van der Waals surface area (Å²) in [5.41, 5.74) is 0.399. The van der Waals surface area contributed by atoms with Crippen LogP contribution in [0, 0.1) is 5.82 Å². The Kier molecular flexibility index (Phi) is 9.42. The predicted molar refractivity (Wildman–Crippen MR) is 154 cm³/mol. The van der Waals surface area contributed by atoms with E-state index in [0.29, 0.717) is 36.4 Å². The highest BCUT2D eigenvalue weighted by Gasteiger charge is 2.46. The molecule has 0 spiro atoms. The second-order valence-electron chi connectivity index (χ2n) is 11.7. The van der Waals surface area contributed by atoms with Crippen molar-refractivity contribution in [3.8, 4) is 0 Å². The lowest BCUT2D eigenvalue weighted by Crippen LogP contribution is -2.62. The summed E-state index contributed by atoms with van der Waals surface area (Å²) in [4.78, 5) is 33.0. The van der Waals surface area contributed by atoms with Crippen LogP contribution in [-0.4, -0.2) is 60.8 Å². The Balaban J connectivity index is 1.34. The van der Waals surface area contributed by atoms with Gasteiger partial charge in [0.05, 0.1) is 19.2 Å². The van der Waals surface area contributed by atoms with E-state index in [9.17, 15) is 19.2 Å². The van der Waals surface area contributed by atoms with E-state index in [4.69, 9.17) is 4.74 Å². The molecule has 0 bridgehead atoms. The summed E-state index contributed by atoms with van der Waals surface area (Å²) < 4.78 is 19.6. The molecule has 1 aliphatic heterocycles. The van der Waals surface area contributed by atoms with Crippen molar-refractivity contribution in [2.75, 3.05) is 17.2 Å². The zero-order chi connectivity index (χ0) is 30.5. The van der Waals surface area contributed by atoms with Crippen LogP contribution in [-0.2, 0) is 21.2 Å². The van der Waals surface area contributed by atoms with E-state index in [1.54, 1.807) is 30.3 Å². The van der Waals surface area contributed by atoms with E-state index < -0.39 is 16.9 Å². The third kappa shape index (κ3) is 7.79. The minimum absolute atomic E-state index is 0.0147. The van der Waals surface area contributed by atoms with Gasteiger partial charge in [0.15, 0.2) is 17.5 Å². The summed E-state index contributed by atoms with van der Waals surface area (Å²) in [7, 11) is 0. The molecule has 3 aromatic rings. The molecule has 4 rings (SSSR count). The normalized spacial score (nSPS) is 16.5. The lowest BCUT2D eigenvalue weighted by Gasteiger charge is -2.50. The number of amides is 1. The number of carbonyl (C=O) groups excluding carboxylic acids is 2. The fraction of sp³-hybridized carbons (Fsp3) is 0.483. The van der Waals surface area contributed by atoms with Crippen LogP contribution in [0.5, 0.6) is 0 Å². The summed E-state index contributed by atoms with van der Waals surface area (Å²) in [6, 6.07) is 8.17. The van der Waals surface area contributed by atoms with Crippen molar-refractivity contribution >= 4 is 35.1 Å². The van der Waals surface area contributed by atoms with Crippen molar-refractivity contribution in [3.63, 3.8) is 0 Å². The van der Waals surface area contributed by atoms with Gasteiger partial charge in [0.1, 0.15) is 0 Å². The first-order valence-corrected chi connectivity index (χ1v) is 14.0. The lowest BCUT2D eigenvalue weighted by molar-refractivity contribution is -0.289. The monoisotopic (exact) mass is 581 g/mol. The largest absolute Gasteiger partial charge is 0.465 e. The fourth-order valence-electron chi connectivity index (χ4n) is 5.16. The van der Waals surface area contributed by atoms with Crippen LogP contribution in [0.25, 0.3) is 0 Å². The van der Waals surface area contributed by atoms with E-state index >= 15 is 0 Å². The molecule has 13 heteroatoms. The SMILES string of the molecule is CCCCOC(=O)Cc1cc(Nc2nc(Nc3ccc(C(=O)NC4CC(C)(C)N([O])C(C)(C)C4)cc3)ncc2F)n[nH]1. The molecule has 1 saturated heterocycles. The van der Waals surface area contributed by atoms with E-state index in [-0.39, 0.29) is 41.9 Å². The number of nitrogens with zero attached hydrogens (tertiary/aromatic N) is 4. The van der Waals surface area contributed by atoms with E-state index in [1.807, 2.05) is 34.6 Å². The zero-order valence-corrected chi connectivity index (χ0v) is 24.6. The van der Waals surface area contributed by atoms with Gasteiger partial charge in [-0.25, -0.2) is 9.37 Å². The van der Waals surface area contributed by atoms with Gasteiger partial charge in [-0.1, -0.05) is 13.3 Å². The standard InChI is InChI=1S/C29H38FN8O4/c1-6-7-12-42-24(39)14-20-13-23(37-36-20)34-25-22(30)17-31-27(35-25)33-19-10-8-18(9-11-19)26(40)32-21-15-28(2,3)38(41)29(4,5)16-21/h8-11,13,17,21H,6-7,12,14-16H2,1-5H3,(H,32,40)(H3,31,33,34,35,36,37). The number of unbranched alkanes of at least 4 members (excludes halogenated alkanes) is 1. The second kappa shape index (κ2) is 12.8. The molecule has 0 atom stereocenters. The first-order valence-electron chi connectivity index (χ1n) is 14.0. The summed E-state index contributed by atoms with van der Waals surface area (Å²) in [5, 5.41) is 29.4.